The third kappa shape index (κ3) is 3.40. The first-order chi connectivity index (χ1) is 10.8. The van der Waals surface area contributed by atoms with Crippen molar-refractivity contribution in [1.29, 1.82) is 0 Å². The average Bonchev–Trinajstić information content (AvgIpc) is 2.62. The molecule has 1 fully saturated rings. The van der Waals surface area contributed by atoms with Crippen LogP contribution in [0.5, 0.6) is 0 Å². The van der Waals surface area contributed by atoms with Crippen LogP contribution in [0.1, 0.15) is 63.1 Å². The molecule has 1 aromatic heterocycles. The molecule has 22 heavy (non-hydrogen) atoms. The second-order valence-corrected chi connectivity index (χ2v) is 6.65. The second kappa shape index (κ2) is 7.09. The number of rotatable bonds is 4. The maximum Gasteiger partial charge on any atom is 0.0434 e. The third-order valence-electron chi connectivity index (χ3n) is 5.32. The molecule has 2 aromatic rings. The Morgan fingerprint density at radius 3 is 2.09 bits per heavy atom. The van der Waals surface area contributed by atoms with E-state index in [0.717, 1.165) is 12.3 Å². The Bertz CT molecular complexity index is 574. The van der Waals surface area contributed by atoms with Crippen LogP contribution in [0.4, 0.5) is 0 Å². The summed E-state index contributed by atoms with van der Waals surface area (Å²) in [6.45, 7) is 4.51. The van der Waals surface area contributed by atoms with Crippen LogP contribution in [0.3, 0.4) is 0 Å². The lowest BCUT2D eigenvalue weighted by Crippen LogP contribution is -2.13. The lowest BCUT2D eigenvalue weighted by atomic mass is 9.79. The first kappa shape index (κ1) is 15.3. The number of benzene rings is 1. The molecule has 0 N–H and O–H groups in total. The summed E-state index contributed by atoms with van der Waals surface area (Å²) < 4.78 is 0. The summed E-state index contributed by atoms with van der Waals surface area (Å²) in [5.41, 5.74) is 5.18. The zero-order valence-corrected chi connectivity index (χ0v) is 13.9. The highest BCUT2D eigenvalue weighted by Crippen LogP contribution is 2.36. The Balaban J connectivity index is 1.69. The smallest absolute Gasteiger partial charge is 0.0434 e. The molecule has 0 radical (unpaired) electrons. The largest absolute Gasteiger partial charge is 0.260 e. The van der Waals surface area contributed by atoms with E-state index < -0.39 is 0 Å². The van der Waals surface area contributed by atoms with Crippen molar-refractivity contribution in [3.8, 4) is 11.1 Å². The van der Waals surface area contributed by atoms with Gasteiger partial charge in [-0.15, -0.1) is 0 Å². The van der Waals surface area contributed by atoms with Crippen molar-refractivity contribution in [2.24, 2.45) is 5.92 Å². The minimum absolute atomic E-state index is 0.680. The number of aryl methyl sites for hydroxylation is 1. The summed E-state index contributed by atoms with van der Waals surface area (Å²) >= 11 is 0. The van der Waals surface area contributed by atoms with Gasteiger partial charge < -0.3 is 0 Å². The summed E-state index contributed by atoms with van der Waals surface area (Å²) in [5.74, 6) is 1.63. The van der Waals surface area contributed by atoms with Gasteiger partial charge in [-0.25, -0.2) is 0 Å². The molecule has 0 spiro atoms. The van der Waals surface area contributed by atoms with Gasteiger partial charge in [0.05, 0.1) is 0 Å². The van der Waals surface area contributed by atoms with E-state index in [1.165, 1.54) is 54.5 Å². The summed E-state index contributed by atoms with van der Waals surface area (Å²) in [7, 11) is 0. The average molecular weight is 293 g/mol. The molecular weight excluding hydrogens is 266 g/mol. The first-order valence-corrected chi connectivity index (χ1v) is 8.85. The lowest BCUT2D eigenvalue weighted by Gasteiger charge is -2.27. The number of pyridine rings is 1. The van der Waals surface area contributed by atoms with Gasteiger partial charge in [-0.1, -0.05) is 50.6 Å². The molecule has 1 aliphatic rings. The predicted molar refractivity (Wildman–Crippen MR) is 94.0 cm³/mol. The van der Waals surface area contributed by atoms with E-state index in [4.69, 9.17) is 4.98 Å². The number of hydrogen-bond donors (Lipinski definition) is 0. The molecule has 116 valence electrons. The maximum atomic E-state index is 4.77. The normalized spacial score (nSPS) is 21.7. The van der Waals surface area contributed by atoms with Crippen LogP contribution in [0, 0.1) is 5.92 Å². The number of nitrogens with zero attached hydrogens (tertiary/aromatic N) is 1. The number of aromatic nitrogens is 1. The van der Waals surface area contributed by atoms with Gasteiger partial charge in [-0.3, -0.25) is 4.98 Å². The molecule has 0 atom stereocenters. The quantitative estimate of drug-likeness (QED) is 0.674. The van der Waals surface area contributed by atoms with Gasteiger partial charge in [0.2, 0.25) is 0 Å². The molecule has 1 aromatic carbocycles. The van der Waals surface area contributed by atoms with Crippen LogP contribution in [0.15, 0.2) is 42.6 Å². The van der Waals surface area contributed by atoms with Crippen LogP contribution in [0.2, 0.25) is 0 Å². The molecule has 0 unspecified atom stereocenters. The molecule has 3 rings (SSSR count). The van der Waals surface area contributed by atoms with Gasteiger partial charge in [0.25, 0.3) is 0 Å². The van der Waals surface area contributed by atoms with Gasteiger partial charge in [-0.05, 0) is 55.2 Å². The molecule has 1 nitrogen and oxygen atoms in total. The zero-order valence-electron chi connectivity index (χ0n) is 13.9. The fraction of sp³-hybridized carbons (Fsp3) is 0.476. The number of hydrogen-bond acceptors (Lipinski definition) is 1. The second-order valence-electron chi connectivity index (χ2n) is 6.65. The van der Waals surface area contributed by atoms with E-state index in [9.17, 15) is 0 Å². The summed E-state index contributed by atoms with van der Waals surface area (Å²) in [6.07, 6.45) is 9.88. The Morgan fingerprint density at radius 2 is 1.55 bits per heavy atom. The van der Waals surface area contributed by atoms with E-state index >= 15 is 0 Å². The van der Waals surface area contributed by atoms with E-state index in [1.54, 1.807) is 0 Å². The van der Waals surface area contributed by atoms with Crippen molar-refractivity contribution in [3.63, 3.8) is 0 Å². The Morgan fingerprint density at radius 1 is 0.864 bits per heavy atom. The van der Waals surface area contributed by atoms with Gasteiger partial charge in [0, 0.05) is 23.4 Å². The van der Waals surface area contributed by atoms with Gasteiger partial charge in [-0.2, -0.15) is 0 Å². The van der Waals surface area contributed by atoms with E-state index in [0.29, 0.717) is 5.92 Å². The topological polar surface area (TPSA) is 12.9 Å². The third-order valence-corrected chi connectivity index (χ3v) is 5.32. The predicted octanol–water partition coefficient (Wildman–Crippen LogP) is 5.99. The van der Waals surface area contributed by atoms with E-state index in [1.807, 2.05) is 0 Å². The highest BCUT2D eigenvalue weighted by Gasteiger charge is 2.22. The summed E-state index contributed by atoms with van der Waals surface area (Å²) in [6, 6.07) is 13.4. The molecule has 1 aliphatic carbocycles. The highest BCUT2D eigenvalue weighted by atomic mass is 14.7. The van der Waals surface area contributed by atoms with Crippen molar-refractivity contribution >= 4 is 0 Å². The van der Waals surface area contributed by atoms with Crippen molar-refractivity contribution in [2.75, 3.05) is 0 Å². The summed E-state index contributed by atoms with van der Waals surface area (Å²) in [5, 5.41) is 0. The monoisotopic (exact) mass is 293 g/mol. The molecule has 0 aliphatic heterocycles. The molecule has 0 bridgehead atoms. The molecule has 0 saturated heterocycles. The SMILES string of the molecule is CCc1ccc(-c2ccc([C@H]3CC[C@H](CC)CC3)nc2)cc1. The highest BCUT2D eigenvalue weighted by molar-refractivity contribution is 5.62. The Kier molecular flexibility index (Phi) is 4.92. The Labute approximate surface area is 134 Å². The first-order valence-electron chi connectivity index (χ1n) is 8.85. The summed E-state index contributed by atoms with van der Waals surface area (Å²) in [4.78, 5) is 4.77. The minimum atomic E-state index is 0.680. The fourth-order valence-corrected chi connectivity index (χ4v) is 3.62. The van der Waals surface area contributed by atoms with Crippen molar-refractivity contribution in [2.45, 2.75) is 58.3 Å². The van der Waals surface area contributed by atoms with E-state index in [2.05, 4.69) is 56.4 Å². The molecule has 1 saturated carbocycles. The Hall–Kier alpha value is -1.63. The van der Waals surface area contributed by atoms with Crippen molar-refractivity contribution in [1.82, 2.24) is 4.98 Å². The molecule has 1 heterocycles. The zero-order chi connectivity index (χ0) is 15.4. The minimum Gasteiger partial charge on any atom is -0.260 e. The van der Waals surface area contributed by atoms with Gasteiger partial charge in [0.15, 0.2) is 0 Å². The van der Waals surface area contributed by atoms with Crippen LogP contribution in [0.25, 0.3) is 11.1 Å². The van der Waals surface area contributed by atoms with Crippen molar-refractivity contribution in [3.05, 3.63) is 53.9 Å². The maximum absolute atomic E-state index is 4.77. The van der Waals surface area contributed by atoms with Gasteiger partial charge >= 0.3 is 0 Å². The van der Waals surface area contributed by atoms with Crippen LogP contribution >= 0.6 is 0 Å². The lowest BCUT2D eigenvalue weighted by molar-refractivity contribution is 0.315. The molecular formula is C21H27N. The van der Waals surface area contributed by atoms with Crippen LogP contribution < -0.4 is 0 Å². The van der Waals surface area contributed by atoms with Crippen molar-refractivity contribution < 1.29 is 0 Å². The van der Waals surface area contributed by atoms with Crippen LogP contribution in [-0.2, 0) is 6.42 Å². The standard InChI is InChI=1S/C21H27N/c1-3-16-5-9-18(10-6-16)20-13-14-21(22-15-20)19-11-7-17(4-2)8-12-19/h5-6,9-10,13-15,17,19H,3-4,7-8,11-12H2,1-2H3/t17-,19-. The molecule has 0 amide bonds. The van der Waals surface area contributed by atoms with E-state index in [-0.39, 0.29) is 0 Å². The van der Waals surface area contributed by atoms with Crippen LogP contribution in [-0.4, -0.2) is 4.98 Å². The van der Waals surface area contributed by atoms with Gasteiger partial charge in [0.1, 0.15) is 0 Å². The molecule has 1 heteroatoms. The fourth-order valence-electron chi connectivity index (χ4n) is 3.62.